The highest BCUT2D eigenvalue weighted by Gasteiger charge is 2.14. The molecule has 0 saturated carbocycles. The summed E-state index contributed by atoms with van der Waals surface area (Å²) in [6, 6.07) is 13.8. The lowest BCUT2D eigenvalue weighted by atomic mass is 10.1. The number of carbonyl (C=O) groups excluding carboxylic acids is 1. The smallest absolute Gasteiger partial charge is 0.269 e. The van der Waals surface area contributed by atoms with Gasteiger partial charge in [0.25, 0.3) is 5.69 Å². The summed E-state index contributed by atoms with van der Waals surface area (Å²) in [6.07, 6.45) is 0. The number of nitrogens with zero attached hydrogens (tertiary/aromatic N) is 1. The van der Waals surface area contributed by atoms with Crippen molar-refractivity contribution >= 4 is 29.0 Å². The number of carbonyl (C=O) groups is 1. The standard InChI is InChI=1S/C18H20N2O4S/c1-3-24-17-10-5-4-9-16(17)19-18(21)12-25-13(2)14-7-6-8-15(11-14)20(22)23/h4-11,13H,3,12H2,1-2H3,(H,19,21)/t13-/m1/s1. The minimum absolute atomic E-state index is 0.0345. The number of benzene rings is 2. The van der Waals surface area contributed by atoms with Gasteiger partial charge in [0.2, 0.25) is 5.91 Å². The van der Waals surface area contributed by atoms with E-state index >= 15 is 0 Å². The summed E-state index contributed by atoms with van der Waals surface area (Å²) >= 11 is 1.42. The maximum absolute atomic E-state index is 12.2. The highest BCUT2D eigenvalue weighted by atomic mass is 32.2. The van der Waals surface area contributed by atoms with Crippen LogP contribution in [0.2, 0.25) is 0 Å². The van der Waals surface area contributed by atoms with E-state index in [1.54, 1.807) is 24.3 Å². The molecule has 0 fully saturated rings. The fourth-order valence-electron chi connectivity index (χ4n) is 2.23. The van der Waals surface area contributed by atoms with E-state index in [0.29, 0.717) is 18.0 Å². The minimum Gasteiger partial charge on any atom is -0.492 e. The third-order valence-electron chi connectivity index (χ3n) is 3.48. The number of ether oxygens (including phenoxy) is 1. The van der Waals surface area contributed by atoms with E-state index < -0.39 is 4.92 Å². The highest BCUT2D eigenvalue weighted by molar-refractivity contribution is 8.00. The van der Waals surface area contributed by atoms with Gasteiger partial charge in [-0.2, -0.15) is 0 Å². The number of non-ortho nitro benzene ring substituents is 1. The van der Waals surface area contributed by atoms with Gasteiger partial charge in [-0.15, -0.1) is 11.8 Å². The van der Waals surface area contributed by atoms with Crippen molar-refractivity contribution in [2.24, 2.45) is 0 Å². The highest BCUT2D eigenvalue weighted by Crippen LogP contribution is 2.30. The number of rotatable bonds is 8. The molecule has 0 aliphatic rings. The number of hydrogen-bond donors (Lipinski definition) is 1. The molecule has 0 saturated heterocycles. The van der Waals surface area contributed by atoms with E-state index in [1.807, 2.05) is 32.0 Å². The molecule has 0 unspecified atom stereocenters. The van der Waals surface area contributed by atoms with Gasteiger partial charge in [-0.05, 0) is 31.5 Å². The largest absolute Gasteiger partial charge is 0.492 e. The van der Waals surface area contributed by atoms with Gasteiger partial charge in [-0.25, -0.2) is 0 Å². The maximum atomic E-state index is 12.2. The average Bonchev–Trinajstić information content (AvgIpc) is 2.61. The molecule has 0 aliphatic carbocycles. The molecule has 1 N–H and O–H groups in total. The molecule has 0 heterocycles. The summed E-state index contributed by atoms with van der Waals surface area (Å²) < 4.78 is 5.48. The van der Waals surface area contributed by atoms with Crippen molar-refractivity contribution in [2.75, 3.05) is 17.7 Å². The topological polar surface area (TPSA) is 81.5 Å². The van der Waals surface area contributed by atoms with Gasteiger partial charge < -0.3 is 10.1 Å². The van der Waals surface area contributed by atoms with E-state index in [2.05, 4.69) is 5.32 Å². The summed E-state index contributed by atoms with van der Waals surface area (Å²) in [5.41, 5.74) is 1.51. The Hall–Kier alpha value is -2.54. The molecule has 25 heavy (non-hydrogen) atoms. The average molecular weight is 360 g/mol. The molecule has 0 bridgehead atoms. The van der Waals surface area contributed by atoms with Crippen LogP contribution in [0.1, 0.15) is 24.7 Å². The zero-order valence-corrected chi connectivity index (χ0v) is 14.9. The second kappa shape index (κ2) is 9.08. The van der Waals surface area contributed by atoms with Crippen LogP contribution in [0.3, 0.4) is 0 Å². The quantitative estimate of drug-likeness (QED) is 0.556. The molecule has 0 radical (unpaired) electrons. The van der Waals surface area contributed by atoms with Gasteiger partial charge in [0.1, 0.15) is 5.75 Å². The fourth-order valence-corrected chi connectivity index (χ4v) is 3.04. The molecular weight excluding hydrogens is 340 g/mol. The Kier molecular flexibility index (Phi) is 6.82. The van der Waals surface area contributed by atoms with Crippen LogP contribution < -0.4 is 10.1 Å². The van der Waals surface area contributed by atoms with Gasteiger partial charge in [-0.1, -0.05) is 24.3 Å². The van der Waals surface area contributed by atoms with Crippen LogP contribution in [-0.4, -0.2) is 23.2 Å². The zero-order chi connectivity index (χ0) is 18.2. The Labute approximate surface area is 150 Å². The van der Waals surface area contributed by atoms with E-state index in [-0.39, 0.29) is 22.6 Å². The predicted molar refractivity (Wildman–Crippen MR) is 100 cm³/mol. The Bertz CT molecular complexity index is 751. The van der Waals surface area contributed by atoms with E-state index in [1.165, 1.54) is 17.8 Å². The second-order valence-electron chi connectivity index (χ2n) is 5.28. The molecule has 132 valence electrons. The summed E-state index contributed by atoms with van der Waals surface area (Å²) in [6.45, 7) is 4.33. The van der Waals surface area contributed by atoms with Gasteiger partial charge in [0.05, 0.1) is 23.0 Å². The lowest BCUT2D eigenvalue weighted by Crippen LogP contribution is -2.15. The van der Waals surface area contributed by atoms with Crippen molar-refractivity contribution in [2.45, 2.75) is 19.1 Å². The lowest BCUT2D eigenvalue weighted by Gasteiger charge is -2.13. The van der Waals surface area contributed by atoms with Crippen LogP contribution in [-0.2, 0) is 4.79 Å². The first-order valence-corrected chi connectivity index (χ1v) is 8.93. The number of para-hydroxylation sites is 2. The Balaban J connectivity index is 1.94. The summed E-state index contributed by atoms with van der Waals surface area (Å²) in [7, 11) is 0. The molecule has 6 nitrogen and oxygen atoms in total. The van der Waals surface area contributed by atoms with Crippen LogP contribution >= 0.6 is 11.8 Å². The van der Waals surface area contributed by atoms with Crippen LogP contribution in [0.5, 0.6) is 5.75 Å². The van der Waals surface area contributed by atoms with Crippen LogP contribution in [0.15, 0.2) is 48.5 Å². The molecule has 2 aromatic rings. The Morgan fingerprint density at radius 3 is 2.76 bits per heavy atom. The molecule has 1 atom stereocenters. The van der Waals surface area contributed by atoms with Crippen molar-refractivity contribution < 1.29 is 14.5 Å². The Morgan fingerprint density at radius 2 is 2.04 bits per heavy atom. The second-order valence-corrected chi connectivity index (χ2v) is 6.61. The first kappa shape index (κ1) is 18.8. The van der Waals surface area contributed by atoms with Crippen LogP contribution in [0.25, 0.3) is 0 Å². The third kappa shape index (κ3) is 5.49. The van der Waals surface area contributed by atoms with E-state index in [9.17, 15) is 14.9 Å². The molecule has 1 amide bonds. The number of amides is 1. The van der Waals surface area contributed by atoms with Crippen molar-refractivity contribution in [1.29, 1.82) is 0 Å². The summed E-state index contributed by atoms with van der Waals surface area (Å²) in [5.74, 6) is 0.731. The van der Waals surface area contributed by atoms with Gasteiger partial charge in [0, 0.05) is 17.4 Å². The molecule has 0 spiro atoms. The van der Waals surface area contributed by atoms with Crippen molar-refractivity contribution in [1.82, 2.24) is 0 Å². The van der Waals surface area contributed by atoms with Gasteiger partial charge >= 0.3 is 0 Å². The lowest BCUT2D eigenvalue weighted by molar-refractivity contribution is -0.384. The fraction of sp³-hybridized carbons (Fsp3) is 0.278. The van der Waals surface area contributed by atoms with Crippen LogP contribution in [0.4, 0.5) is 11.4 Å². The predicted octanol–water partition coefficient (Wildman–Crippen LogP) is 4.43. The normalized spacial score (nSPS) is 11.6. The maximum Gasteiger partial charge on any atom is 0.269 e. The van der Waals surface area contributed by atoms with Crippen molar-refractivity contribution in [3.63, 3.8) is 0 Å². The first-order chi connectivity index (χ1) is 12.0. The van der Waals surface area contributed by atoms with Crippen LogP contribution in [0, 0.1) is 10.1 Å². The SMILES string of the molecule is CCOc1ccccc1NC(=O)CS[C@H](C)c1cccc([N+](=O)[O-])c1. The third-order valence-corrected chi connectivity index (χ3v) is 4.68. The van der Waals surface area contributed by atoms with Gasteiger partial charge in [0.15, 0.2) is 0 Å². The molecule has 2 rings (SSSR count). The first-order valence-electron chi connectivity index (χ1n) is 7.89. The summed E-state index contributed by atoms with van der Waals surface area (Å²) in [4.78, 5) is 22.6. The van der Waals surface area contributed by atoms with E-state index in [0.717, 1.165) is 5.56 Å². The van der Waals surface area contributed by atoms with E-state index in [4.69, 9.17) is 4.74 Å². The molecule has 2 aromatic carbocycles. The molecular formula is C18H20N2O4S. The Morgan fingerprint density at radius 1 is 1.28 bits per heavy atom. The molecule has 0 aromatic heterocycles. The minimum atomic E-state index is -0.418. The van der Waals surface area contributed by atoms with Crippen molar-refractivity contribution in [3.8, 4) is 5.75 Å². The van der Waals surface area contributed by atoms with Gasteiger partial charge in [-0.3, -0.25) is 14.9 Å². The number of nitro groups is 1. The van der Waals surface area contributed by atoms with Crippen molar-refractivity contribution in [3.05, 3.63) is 64.2 Å². The zero-order valence-electron chi connectivity index (χ0n) is 14.1. The number of thioether (sulfide) groups is 1. The monoisotopic (exact) mass is 360 g/mol. The number of anilines is 1. The number of hydrogen-bond acceptors (Lipinski definition) is 5. The number of nitro benzene ring substituents is 1. The molecule has 7 heteroatoms. The number of nitrogens with one attached hydrogen (secondary N) is 1. The molecule has 0 aliphatic heterocycles. The summed E-state index contributed by atoms with van der Waals surface area (Å²) in [5, 5.41) is 13.7.